The van der Waals surface area contributed by atoms with Gasteiger partial charge in [0.25, 0.3) is 0 Å². The number of ether oxygens (including phenoxy) is 4. The van der Waals surface area contributed by atoms with Crippen LogP contribution in [0, 0.1) is 10.8 Å². The van der Waals surface area contributed by atoms with Crippen LogP contribution in [0.4, 0.5) is 0 Å². The van der Waals surface area contributed by atoms with Crippen LogP contribution >= 0.6 is 0 Å². The van der Waals surface area contributed by atoms with Crippen LogP contribution in [0.15, 0.2) is 107 Å². The van der Waals surface area contributed by atoms with Gasteiger partial charge in [0.05, 0.1) is 11.7 Å². The number of carbonyl (C=O) groups is 2. The number of epoxide rings is 1. The molecule has 2 heterocycles. The molecular formula is C68H108O6. The van der Waals surface area contributed by atoms with E-state index in [4.69, 9.17) is 18.9 Å². The van der Waals surface area contributed by atoms with Crippen LogP contribution in [0.1, 0.15) is 263 Å². The van der Waals surface area contributed by atoms with E-state index in [-0.39, 0.29) is 52.3 Å². The minimum Gasteiger partial charge on any atom is -0.462 e. The summed E-state index contributed by atoms with van der Waals surface area (Å²) in [7, 11) is 0. The lowest BCUT2D eigenvalue weighted by Gasteiger charge is -2.45. The number of unbranched alkanes of at least 4 members (excludes halogenated alkanes) is 20. The van der Waals surface area contributed by atoms with Gasteiger partial charge in [-0.1, -0.05) is 254 Å². The molecule has 74 heavy (non-hydrogen) atoms. The zero-order valence-electron chi connectivity index (χ0n) is 49.5. The van der Waals surface area contributed by atoms with Crippen LogP contribution in [0.3, 0.4) is 0 Å². The maximum atomic E-state index is 13.0. The molecule has 0 aromatic heterocycles. The second-order valence-electron chi connectivity index (χ2n) is 24.9. The van der Waals surface area contributed by atoms with Crippen molar-refractivity contribution >= 4 is 11.9 Å². The van der Waals surface area contributed by atoms with Crippen LogP contribution in [0.2, 0.25) is 0 Å². The van der Waals surface area contributed by atoms with Crippen molar-refractivity contribution in [3.05, 3.63) is 107 Å². The minimum atomic E-state index is -0.447. The van der Waals surface area contributed by atoms with Gasteiger partial charge in [0.1, 0.15) is 23.4 Å². The maximum absolute atomic E-state index is 13.0. The van der Waals surface area contributed by atoms with Crippen LogP contribution in [0.5, 0.6) is 0 Å². The van der Waals surface area contributed by atoms with Gasteiger partial charge in [-0.2, -0.15) is 0 Å². The minimum absolute atomic E-state index is 0.0541. The molecule has 4 aliphatic rings. The van der Waals surface area contributed by atoms with Crippen molar-refractivity contribution in [2.75, 3.05) is 0 Å². The monoisotopic (exact) mass is 1020 g/mol. The highest BCUT2D eigenvalue weighted by Gasteiger charge is 2.75. The highest BCUT2D eigenvalue weighted by atomic mass is 16.6. The van der Waals surface area contributed by atoms with Gasteiger partial charge in [-0.3, -0.25) is 9.59 Å². The number of esters is 2. The third-order valence-electron chi connectivity index (χ3n) is 16.7. The normalized spacial score (nSPS) is 27.1. The van der Waals surface area contributed by atoms with Gasteiger partial charge >= 0.3 is 11.9 Å². The largest absolute Gasteiger partial charge is 0.462 e. The van der Waals surface area contributed by atoms with Gasteiger partial charge in [-0.15, -0.1) is 0 Å². The first kappa shape index (κ1) is 63.1. The highest BCUT2D eigenvalue weighted by Crippen LogP contribution is 2.66. The van der Waals surface area contributed by atoms with E-state index in [0.29, 0.717) is 19.3 Å². The average Bonchev–Trinajstić information content (AvgIpc) is 3.80. The Balaban J connectivity index is 1.14. The number of hydrogen-bond donors (Lipinski definition) is 0. The van der Waals surface area contributed by atoms with Gasteiger partial charge in [-0.25, -0.2) is 0 Å². The van der Waals surface area contributed by atoms with Crippen LogP contribution in [-0.4, -0.2) is 47.1 Å². The third kappa shape index (κ3) is 20.8. The smallest absolute Gasteiger partial charge is 0.306 e. The molecule has 4 rings (SSSR count). The summed E-state index contributed by atoms with van der Waals surface area (Å²) in [5, 5.41) is 0. The Labute approximate surface area is 454 Å². The number of fused-ring (bicyclic) bond motifs is 2. The van der Waals surface area contributed by atoms with Crippen molar-refractivity contribution in [2.45, 2.75) is 298 Å². The lowest BCUT2D eigenvalue weighted by molar-refractivity contribution is -0.157. The van der Waals surface area contributed by atoms with Gasteiger partial charge in [0.15, 0.2) is 0 Å². The molecule has 6 atom stereocenters. The summed E-state index contributed by atoms with van der Waals surface area (Å²) in [5.74, 6) is -0.108. The molecule has 0 N–H and O–H groups in total. The second kappa shape index (κ2) is 31.7. The molecule has 2 saturated carbocycles. The van der Waals surface area contributed by atoms with Crippen LogP contribution in [-0.2, 0) is 28.5 Å². The standard InChI is InChI=1S/C68H108O6/c1-13-15-17-19-21-23-24-25-26-28-30-32-33-45-62(69)71-58-50-64(7,8)61-49-60(73-66(61,11)52-58)57(6)44-38-43-55(4)40-36-35-39-54(3)41-37-42-56(5)47-48-68-65(9,10)51-59(53-67(68,12)74-68)72-63(70)46-34-31-29-27-22-20-18-16-14-2/h35-44,47-49,58-60H,13-34,45-46,50-53H2,1-12H3/b36-35+,41-37+,43-38+,48-47+,54-39+,55-40+,56-42+,57-44+. The fourth-order valence-electron chi connectivity index (χ4n) is 12.4. The first-order chi connectivity index (χ1) is 35.3. The number of hydrogen-bond acceptors (Lipinski definition) is 6. The predicted molar refractivity (Wildman–Crippen MR) is 313 cm³/mol. The molecule has 0 bridgehead atoms. The topological polar surface area (TPSA) is 74.4 Å². The van der Waals surface area contributed by atoms with E-state index in [1.165, 1.54) is 121 Å². The van der Waals surface area contributed by atoms with E-state index >= 15 is 0 Å². The first-order valence-electron chi connectivity index (χ1n) is 30.2. The average molecular weight is 1020 g/mol. The van der Waals surface area contributed by atoms with Crippen molar-refractivity contribution in [1.29, 1.82) is 0 Å². The third-order valence-corrected chi connectivity index (χ3v) is 16.7. The van der Waals surface area contributed by atoms with Gasteiger partial charge in [0, 0.05) is 31.1 Å². The Morgan fingerprint density at radius 3 is 1.42 bits per heavy atom. The summed E-state index contributed by atoms with van der Waals surface area (Å²) in [6, 6.07) is 0. The Hall–Kier alpha value is -3.48. The van der Waals surface area contributed by atoms with E-state index in [2.05, 4.69) is 162 Å². The Bertz CT molecular complexity index is 2020. The van der Waals surface area contributed by atoms with Crippen molar-refractivity contribution in [3.63, 3.8) is 0 Å². The van der Waals surface area contributed by atoms with Gasteiger partial charge in [0.2, 0.25) is 0 Å². The van der Waals surface area contributed by atoms with Gasteiger partial charge in [-0.05, 0) is 95.9 Å². The molecule has 0 spiro atoms. The summed E-state index contributed by atoms with van der Waals surface area (Å²) in [6.45, 7) is 26.4. The summed E-state index contributed by atoms with van der Waals surface area (Å²) in [4.78, 5) is 25.8. The maximum Gasteiger partial charge on any atom is 0.306 e. The fourth-order valence-corrected chi connectivity index (χ4v) is 12.4. The molecule has 416 valence electrons. The van der Waals surface area contributed by atoms with Crippen molar-refractivity contribution < 1.29 is 28.5 Å². The Kier molecular flexibility index (Phi) is 27.0. The van der Waals surface area contributed by atoms with Gasteiger partial charge < -0.3 is 18.9 Å². The molecule has 6 nitrogen and oxygen atoms in total. The zero-order chi connectivity index (χ0) is 54.1. The first-order valence-corrected chi connectivity index (χ1v) is 30.2. The molecule has 3 fully saturated rings. The van der Waals surface area contributed by atoms with E-state index in [9.17, 15) is 9.59 Å². The Morgan fingerprint density at radius 1 is 0.527 bits per heavy atom. The molecule has 2 aliphatic carbocycles. The number of allylic oxidation sites excluding steroid dienone is 14. The zero-order valence-corrected chi connectivity index (χ0v) is 49.5. The molecule has 0 radical (unpaired) electrons. The second-order valence-corrected chi connectivity index (χ2v) is 24.9. The van der Waals surface area contributed by atoms with E-state index in [1.807, 2.05) is 0 Å². The van der Waals surface area contributed by atoms with E-state index in [1.54, 1.807) is 0 Å². The molecular weight excluding hydrogens is 913 g/mol. The van der Waals surface area contributed by atoms with Crippen LogP contribution < -0.4 is 0 Å². The van der Waals surface area contributed by atoms with Crippen molar-refractivity contribution in [2.24, 2.45) is 10.8 Å². The van der Waals surface area contributed by atoms with E-state index < -0.39 is 5.60 Å². The van der Waals surface area contributed by atoms with E-state index in [0.717, 1.165) is 67.2 Å². The summed E-state index contributed by atoms with van der Waals surface area (Å²) in [5.41, 5.74) is 4.56. The summed E-state index contributed by atoms with van der Waals surface area (Å²) < 4.78 is 25.5. The molecule has 6 heteroatoms. The fraction of sp³-hybridized carbons (Fsp3) is 0.706. The number of rotatable bonds is 35. The Morgan fingerprint density at radius 2 is 0.946 bits per heavy atom. The predicted octanol–water partition coefficient (Wildman–Crippen LogP) is 19.5. The van der Waals surface area contributed by atoms with Crippen LogP contribution in [0.25, 0.3) is 0 Å². The van der Waals surface area contributed by atoms with Crippen molar-refractivity contribution in [1.82, 2.24) is 0 Å². The SMILES string of the molecule is CCCCCCCCCCCCCCCC(=O)OC1CC(C)(C)C2=CC(/C(C)=C/C=C/C(C)=C/C=C/C=C(C)/C=C/C=C(C)/C=C/C34OC3(C)CC(OC(=O)CCCCCCCCCCC)CC4(C)C)OC2(C)C1. The molecule has 1 saturated heterocycles. The van der Waals surface area contributed by atoms with Crippen molar-refractivity contribution in [3.8, 4) is 0 Å². The quantitative estimate of drug-likeness (QED) is 0.0207. The number of carbonyl (C=O) groups excluding carboxylic acids is 2. The lowest BCUT2D eigenvalue weighted by atomic mass is 9.63. The molecule has 0 amide bonds. The molecule has 2 aliphatic heterocycles. The summed E-state index contributed by atoms with van der Waals surface area (Å²) in [6.07, 6.45) is 59.7. The summed E-state index contributed by atoms with van der Waals surface area (Å²) >= 11 is 0. The molecule has 0 aromatic rings. The molecule has 0 aromatic carbocycles. The lowest BCUT2D eigenvalue weighted by Crippen LogP contribution is -2.47. The molecule has 6 unspecified atom stereocenters. The highest BCUT2D eigenvalue weighted by molar-refractivity contribution is 5.70.